The molecule has 248 valence electrons. The lowest BCUT2D eigenvalue weighted by atomic mass is 9.98. The SMILES string of the molecule is c1ccc(-c2cc(N(c3ccc(-n4c5ccccc5c5cc6ccccc6cc54)cc3)c3cccc4c3oc3ccccc34)c3ccccc3c2)cc1. The van der Waals surface area contributed by atoms with Crippen molar-refractivity contribution in [1.29, 1.82) is 0 Å². The lowest BCUT2D eigenvalue weighted by Gasteiger charge is -2.28. The summed E-state index contributed by atoms with van der Waals surface area (Å²) in [5, 5.41) is 9.54. The zero-order chi connectivity index (χ0) is 34.9. The number of furan rings is 1. The largest absolute Gasteiger partial charge is 0.454 e. The van der Waals surface area contributed by atoms with Gasteiger partial charge in [0, 0.05) is 38.3 Å². The second-order valence-electron chi connectivity index (χ2n) is 13.8. The Morgan fingerprint density at radius 1 is 0.377 bits per heavy atom. The minimum atomic E-state index is 0.862. The highest BCUT2D eigenvalue weighted by Gasteiger charge is 2.22. The third-order valence-electron chi connectivity index (χ3n) is 10.7. The lowest BCUT2D eigenvalue weighted by molar-refractivity contribution is 0.669. The van der Waals surface area contributed by atoms with Crippen molar-refractivity contribution in [3.8, 4) is 16.8 Å². The molecule has 3 nitrogen and oxygen atoms in total. The first-order valence-electron chi connectivity index (χ1n) is 18.1. The summed E-state index contributed by atoms with van der Waals surface area (Å²) < 4.78 is 9.10. The summed E-state index contributed by atoms with van der Waals surface area (Å²) >= 11 is 0. The number of aromatic nitrogens is 1. The minimum absolute atomic E-state index is 0.862. The molecule has 0 saturated carbocycles. The van der Waals surface area contributed by atoms with E-state index in [4.69, 9.17) is 4.42 Å². The van der Waals surface area contributed by atoms with Crippen LogP contribution in [-0.2, 0) is 0 Å². The minimum Gasteiger partial charge on any atom is -0.454 e. The monoisotopic (exact) mass is 676 g/mol. The number of benzene rings is 9. The third kappa shape index (κ3) is 4.68. The van der Waals surface area contributed by atoms with Gasteiger partial charge in [-0.25, -0.2) is 0 Å². The highest BCUT2D eigenvalue weighted by Crippen LogP contribution is 2.46. The smallest absolute Gasteiger partial charge is 0.159 e. The van der Waals surface area contributed by atoms with Crippen LogP contribution in [0.2, 0.25) is 0 Å². The van der Waals surface area contributed by atoms with Crippen molar-refractivity contribution >= 4 is 82.4 Å². The van der Waals surface area contributed by atoms with E-state index >= 15 is 0 Å². The van der Waals surface area contributed by atoms with Gasteiger partial charge < -0.3 is 13.9 Å². The molecule has 11 rings (SSSR count). The van der Waals surface area contributed by atoms with E-state index < -0.39 is 0 Å². The van der Waals surface area contributed by atoms with Crippen molar-refractivity contribution in [2.45, 2.75) is 0 Å². The molecule has 0 aliphatic carbocycles. The van der Waals surface area contributed by atoms with Gasteiger partial charge in [0.2, 0.25) is 0 Å². The van der Waals surface area contributed by atoms with Crippen LogP contribution < -0.4 is 4.90 Å². The van der Waals surface area contributed by atoms with Crippen LogP contribution in [0.5, 0.6) is 0 Å². The summed E-state index contributed by atoms with van der Waals surface area (Å²) in [7, 11) is 0. The predicted molar refractivity (Wildman–Crippen MR) is 223 cm³/mol. The molecule has 0 fully saturated rings. The second-order valence-corrected chi connectivity index (χ2v) is 13.8. The number of fused-ring (bicyclic) bond motifs is 8. The Hall–Kier alpha value is -7.10. The molecule has 0 spiro atoms. The molecule has 0 bridgehead atoms. The van der Waals surface area contributed by atoms with Crippen LogP contribution >= 0.6 is 0 Å². The summed E-state index contributed by atoms with van der Waals surface area (Å²) in [6, 6.07) is 69.8. The molecule has 3 heteroatoms. The first-order valence-corrected chi connectivity index (χ1v) is 18.1. The number of anilines is 3. The molecule has 0 aliphatic rings. The maximum atomic E-state index is 6.70. The fourth-order valence-corrected chi connectivity index (χ4v) is 8.27. The molecular weight excluding hydrogens is 645 g/mol. The van der Waals surface area contributed by atoms with Crippen LogP contribution in [0.15, 0.2) is 199 Å². The quantitative estimate of drug-likeness (QED) is 0.181. The normalized spacial score (nSPS) is 11.8. The number of hydrogen-bond acceptors (Lipinski definition) is 2. The van der Waals surface area contributed by atoms with E-state index in [9.17, 15) is 0 Å². The van der Waals surface area contributed by atoms with E-state index in [1.54, 1.807) is 0 Å². The number of para-hydroxylation sites is 3. The summed E-state index contributed by atoms with van der Waals surface area (Å²) in [5.41, 5.74) is 10.7. The first-order chi connectivity index (χ1) is 26.3. The molecular formula is C50H32N2O. The molecule has 2 heterocycles. The van der Waals surface area contributed by atoms with Crippen molar-refractivity contribution in [3.05, 3.63) is 194 Å². The van der Waals surface area contributed by atoms with Gasteiger partial charge in [-0.05, 0) is 94.0 Å². The van der Waals surface area contributed by atoms with Gasteiger partial charge in [0.05, 0.1) is 22.4 Å². The lowest BCUT2D eigenvalue weighted by Crippen LogP contribution is -2.11. The molecule has 0 atom stereocenters. The summed E-state index contributed by atoms with van der Waals surface area (Å²) in [6.07, 6.45) is 0. The van der Waals surface area contributed by atoms with Crippen molar-refractivity contribution in [2.24, 2.45) is 0 Å². The maximum absolute atomic E-state index is 6.70. The topological polar surface area (TPSA) is 21.3 Å². The van der Waals surface area contributed by atoms with Gasteiger partial charge in [0.15, 0.2) is 5.58 Å². The average Bonchev–Trinajstić information content (AvgIpc) is 3.76. The molecule has 2 aromatic heterocycles. The fourth-order valence-electron chi connectivity index (χ4n) is 8.27. The number of rotatable bonds is 5. The van der Waals surface area contributed by atoms with E-state index in [1.165, 1.54) is 48.9 Å². The van der Waals surface area contributed by atoms with Crippen molar-refractivity contribution in [2.75, 3.05) is 4.90 Å². The molecule has 0 radical (unpaired) electrons. The van der Waals surface area contributed by atoms with Crippen LogP contribution in [0.1, 0.15) is 0 Å². The van der Waals surface area contributed by atoms with E-state index in [0.29, 0.717) is 0 Å². The zero-order valence-corrected chi connectivity index (χ0v) is 28.8. The van der Waals surface area contributed by atoms with Crippen LogP contribution in [0.4, 0.5) is 17.1 Å². The summed E-state index contributed by atoms with van der Waals surface area (Å²) in [5.74, 6) is 0. The number of nitrogens with zero attached hydrogens (tertiary/aromatic N) is 2. The highest BCUT2D eigenvalue weighted by molar-refractivity contribution is 6.14. The maximum Gasteiger partial charge on any atom is 0.159 e. The van der Waals surface area contributed by atoms with Gasteiger partial charge in [-0.1, -0.05) is 127 Å². The van der Waals surface area contributed by atoms with Crippen LogP contribution in [0.3, 0.4) is 0 Å². The molecule has 53 heavy (non-hydrogen) atoms. The Morgan fingerprint density at radius 2 is 1.04 bits per heavy atom. The molecule has 0 N–H and O–H groups in total. The van der Waals surface area contributed by atoms with Gasteiger partial charge in [-0.2, -0.15) is 0 Å². The van der Waals surface area contributed by atoms with Gasteiger partial charge in [-0.15, -0.1) is 0 Å². The first kappa shape index (κ1) is 29.6. The van der Waals surface area contributed by atoms with E-state index in [-0.39, 0.29) is 0 Å². The van der Waals surface area contributed by atoms with E-state index in [2.05, 4.69) is 198 Å². The molecule has 11 aromatic rings. The van der Waals surface area contributed by atoms with Crippen LogP contribution in [0.25, 0.3) is 82.1 Å². The Bertz CT molecular complexity index is 3170. The van der Waals surface area contributed by atoms with Gasteiger partial charge in [0.25, 0.3) is 0 Å². The average molecular weight is 677 g/mol. The summed E-state index contributed by atoms with van der Waals surface area (Å²) in [4.78, 5) is 2.38. The van der Waals surface area contributed by atoms with E-state index in [0.717, 1.165) is 50.3 Å². The molecule has 0 amide bonds. The molecule has 9 aromatic carbocycles. The second kappa shape index (κ2) is 11.7. The van der Waals surface area contributed by atoms with Gasteiger partial charge in [0.1, 0.15) is 5.58 Å². The van der Waals surface area contributed by atoms with Crippen molar-refractivity contribution < 1.29 is 4.42 Å². The van der Waals surface area contributed by atoms with Gasteiger partial charge in [-0.3, -0.25) is 0 Å². The third-order valence-corrected chi connectivity index (χ3v) is 10.7. The Morgan fingerprint density at radius 3 is 1.87 bits per heavy atom. The standard InChI is InChI=1S/C50H32N2O/c1-2-13-33(14-3-1)37-29-36-17-6-7-18-40(36)47(32-37)52(46-23-12-21-43-42-20-9-11-24-49(42)53-50(43)46)39-27-25-38(26-28-39)51-45-22-10-8-19-41(45)44-30-34-15-4-5-16-35(34)31-48(44)51/h1-32H. The van der Waals surface area contributed by atoms with Crippen molar-refractivity contribution in [1.82, 2.24) is 4.57 Å². The highest BCUT2D eigenvalue weighted by atomic mass is 16.3. The zero-order valence-electron chi connectivity index (χ0n) is 28.8. The van der Waals surface area contributed by atoms with Gasteiger partial charge >= 0.3 is 0 Å². The fraction of sp³-hybridized carbons (Fsp3) is 0. The van der Waals surface area contributed by atoms with E-state index in [1.807, 2.05) is 6.07 Å². The molecule has 0 unspecified atom stereocenters. The molecule has 0 aliphatic heterocycles. The number of hydrogen-bond donors (Lipinski definition) is 0. The van der Waals surface area contributed by atoms with Crippen LogP contribution in [-0.4, -0.2) is 4.57 Å². The summed E-state index contributed by atoms with van der Waals surface area (Å²) in [6.45, 7) is 0. The van der Waals surface area contributed by atoms with Crippen molar-refractivity contribution in [3.63, 3.8) is 0 Å². The Kier molecular flexibility index (Phi) is 6.55. The Balaban J connectivity index is 1.16. The molecule has 0 saturated heterocycles. The predicted octanol–water partition coefficient (Wildman–Crippen LogP) is 14.1. The Labute approximate surface area is 306 Å². The van der Waals surface area contributed by atoms with Crippen LogP contribution in [0, 0.1) is 0 Å².